The molecule has 1 aliphatic heterocycles. The first-order valence-corrected chi connectivity index (χ1v) is 9.07. The maximum absolute atomic E-state index is 13.0. The van der Waals surface area contributed by atoms with Crippen molar-refractivity contribution < 1.29 is 0 Å². The van der Waals surface area contributed by atoms with Crippen molar-refractivity contribution >= 4 is 22.8 Å². The van der Waals surface area contributed by atoms with Crippen LogP contribution in [0.25, 0.3) is 11.2 Å². The molecule has 0 aliphatic carbocycles. The summed E-state index contributed by atoms with van der Waals surface area (Å²) >= 11 is 0. The van der Waals surface area contributed by atoms with E-state index in [1.807, 2.05) is 4.57 Å². The molecule has 7 nitrogen and oxygen atoms in total. The molecular formula is C20H23N5O2. The maximum Gasteiger partial charge on any atom is 0.332 e. The van der Waals surface area contributed by atoms with Crippen LogP contribution in [-0.4, -0.2) is 25.2 Å². The molecule has 27 heavy (non-hydrogen) atoms. The summed E-state index contributed by atoms with van der Waals surface area (Å²) in [6.07, 6.45) is 1.56. The molecule has 140 valence electrons. The van der Waals surface area contributed by atoms with Crippen LogP contribution in [0.15, 0.2) is 46.5 Å². The van der Waals surface area contributed by atoms with Crippen LogP contribution < -0.4 is 16.1 Å². The Balaban J connectivity index is 2.02. The average molecular weight is 365 g/mol. The second-order valence-electron chi connectivity index (χ2n) is 7.29. The van der Waals surface area contributed by atoms with Crippen molar-refractivity contribution in [1.82, 2.24) is 18.7 Å². The van der Waals surface area contributed by atoms with E-state index >= 15 is 0 Å². The molecule has 1 unspecified atom stereocenters. The Morgan fingerprint density at radius 2 is 1.93 bits per heavy atom. The van der Waals surface area contributed by atoms with Gasteiger partial charge in [-0.05, 0) is 25.0 Å². The lowest BCUT2D eigenvalue weighted by molar-refractivity contribution is 0.458. The molecule has 0 fully saturated rings. The first-order valence-electron chi connectivity index (χ1n) is 9.07. The molecule has 0 saturated heterocycles. The number of benzene rings is 1. The zero-order valence-electron chi connectivity index (χ0n) is 15.8. The van der Waals surface area contributed by atoms with E-state index in [1.54, 1.807) is 13.1 Å². The van der Waals surface area contributed by atoms with Crippen LogP contribution in [0.1, 0.15) is 12.5 Å². The van der Waals surface area contributed by atoms with Gasteiger partial charge < -0.3 is 9.47 Å². The van der Waals surface area contributed by atoms with E-state index < -0.39 is 0 Å². The van der Waals surface area contributed by atoms with Gasteiger partial charge in [-0.1, -0.05) is 30.7 Å². The summed E-state index contributed by atoms with van der Waals surface area (Å²) in [5, 5.41) is 0. The van der Waals surface area contributed by atoms with Crippen LogP contribution in [-0.2, 0) is 20.1 Å². The summed E-state index contributed by atoms with van der Waals surface area (Å²) in [4.78, 5) is 32.4. The molecule has 4 rings (SSSR count). The van der Waals surface area contributed by atoms with E-state index in [-0.39, 0.29) is 17.8 Å². The Hall–Kier alpha value is -3.09. The smallest absolute Gasteiger partial charge is 0.312 e. The van der Waals surface area contributed by atoms with Gasteiger partial charge in [-0.15, -0.1) is 6.58 Å². The molecule has 1 aromatic carbocycles. The summed E-state index contributed by atoms with van der Waals surface area (Å²) in [5.41, 5.74) is 2.42. The van der Waals surface area contributed by atoms with Gasteiger partial charge in [0.15, 0.2) is 11.2 Å². The Labute approximate surface area is 156 Å². The maximum atomic E-state index is 13.0. The molecule has 0 saturated carbocycles. The minimum Gasteiger partial charge on any atom is -0.312 e. The lowest BCUT2D eigenvalue weighted by atomic mass is 10.1. The average Bonchev–Trinajstić information content (AvgIpc) is 3.03. The highest BCUT2D eigenvalue weighted by Gasteiger charge is 2.29. The Morgan fingerprint density at radius 1 is 1.22 bits per heavy atom. The molecular weight excluding hydrogens is 342 g/mol. The van der Waals surface area contributed by atoms with Crippen LogP contribution in [0, 0.1) is 12.8 Å². The van der Waals surface area contributed by atoms with Crippen molar-refractivity contribution in [2.75, 3.05) is 11.4 Å². The normalized spacial score (nSPS) is 16.6. The van der Waals surface area contributed by atoms with Crippen LogP contribution in [0.5, 0.6) is 0 Å². The van der Waals surface area contributed by atoms with Crippen LogP contribution >= 0.6 is 0 Å². The van der Waals surface area contributed by atoms with Crippen LogP contribution in [0.2, 0.25) is 0 Å². The summed E-state index contributed by atoms with van der Waals surface area (Å²) in [7, 11) is 1.66. The van der Waals surface area contributed by atoms with Crippen molar-refractivity contribution in [3.8, 4) is 0 Å². The second-order valence-corrected chi connectivity index (χ2v) is 7.29. The molecule has 0 N–H and O–H groups in total. The third-order valence-corrected chi connectivity index (χ3v) is 5.10. The molecule has 1 atom stereocenters. The predicted octanol–water partition coefficient (Wildman–Crippen LogP) is 2.18. The number of imidazole rings is 1. The van der Waals surface area contributed by atoms with Gasteiger partial charge in [0, 0.05) is 32.4 Å². The van der Waals surface area contributed by atoms with Gasteiger partial charge in [-0.25, -0.2) is 4.79 Å². The fourth-order valence-electron chi connectivity index (χ4n) is 3.74. The third-order valence-electron chi connectivity index (χ3n) is 5.10. The fourth-order valence-corrected chi connectivity index (χ4v) is 3.74. The van der Waals surface area contributed by atoms with E-state index in [0.29, 0.717) is 29.6 Å². The molecule has 0 radical (unpaired) electrons. The third kappa shape index (κ3) is 2.61. The zero-order valence-corrected chi connectivity index (χ0v) is 15.8. The van der Waals surface area contributed by atoms with Gasteiger partial charge in [0.05, 0.1) is 0 Å². The van der Waals surface area contributed by atoms with Crippen LogP contribution in [0.3, 0.4) is 0 Å². The molecule has 0 spiro atoms. The van der Waals surface area contributed by atoms with Gasteiger partial charge in [-0.2, -0.15) is 4.98 Å². The van der Waals surface area contributed by atoms with Gasteiger partial charge in [0.2, 0.25) is 5.95 Å². The number of aryl methyl sites for hydroxylation is 2. The summed E-state index contributed by atoms with van der Waals surface area (Å²) in [6.45, 7) is 9.54. The second kappa shape index (κ2) is 6.26. The number of nitrogens with zero attached hydrogens (tertiary/aromatic N) is 5. The number of aromatic nitrogens is 4. The summed E-state index contributed by atoms with van der Waals surface area (Å²) in [6, 6.07) is 8.25. The fraction of sp³-hybridized carbons (Fsp3) is 0.350. The van der Waals surface area contributed by atoms with Crippen molar-refractivity contribution in [3.63, 3.8) is 0 Å². The van der Waals surface area contributed by atoms with Gasteiger partial charge in [0.25, 0.3) is 5.56 Å². The number of anilines is 2. The van der Waals surface area contributed by atoms with Gasteiger partial charge in [0.1, 0.15) is 0 Å². The van der Waals surface area contributed by atoms with E-state index in [2.05, 4.69) is 49.6 Å². The van der Waals surface area contributed by atoms with Crippen molar-refractivity contribution in [1.29, 1.82) is 0 Å². The van der Waals surface area contributed by atoms with E-state index in [1.165, 1.54) is 14.7 Å². The number of hydrogen-bond donors (Lipinski definition) is 0. The van der Waals surface area contributed by atoms with Crippen LogP contribution in [0.4, 0.5) is 11.6 Å². The minimum absolute atomic E-state index is 0.180. The Morgan fingerprint density at radius 3 is 2.59 bits per heavy atom. The zero-order chi connectivity index (χ0) is 19.3. The molecule has 0 amide bonds. The van der Waals surface area contributed by atoms with Crippen molar-refractivity contribution in [2.45, 2.75) is 26.9 Å². The van der Waals surface area contributed by atoms with E-state index in [0.717, 1.165) is 12.2 Å². The van der Waals surface area contributed by atoms with Gasteiger partial charge >= 0.3 is 5.69 Å². The minimum atomic E-state index is -0.377. The number of allylic oxidation sites excluding steroid dienone is 1. The molecule has 3 aromatic rings. The standard InChI is InChI=1S/C20H23N5O2/c1-5-10-23-18(26)16-17(22(4)20(23)27)21-19-24(11-14(3)12-25(16)19)15-8-6-13(2)7-9-15/h5-9,14H,1,10-12H2,2-4H3. The quantitative estimate of drug-likeness (QED) is 0.668. The predicted molar refractivity (Wildman–Crippen MR) is 107 cm³/mol. The molecule has 0 bridgehead atoms. The molecule has 3 heterocycles. The Kier molecular flexibility index (Phi) is 4.02. The van der Waals surface area contributed by atoms with Crippen molar-refractivity contribution in [3.05, 3.63) is 63.3 Å². The molecule has 2 aromatic heterocycles. The SMILES string of the molecule is C=CCn1c(=O)c2c(nc3n2CC(C)CN3c2ccc(C)cc2)n(C)c1=O. The number of rotatable bonds is 3. The number of hydrogen-bond acceptors (Lipinski definition) is 4. The molecule has 7 heteroatoms. The highest BCUT2D eigenvalue weighted by Crippen LogP contribution is 2.32. The topological polar surface area (TPSA) is 65.1 Å². The summed E-state index contributed by atoms with van der Waals surface area (Å²) in [5.74, 6) is 1.04. The van der Waals surface area contributed by atoms with E-state index in [4.69, 9.17) is 4.98 Å². The first-order chi connectivity index (χ1) is 12.9. The Bertz CT molecular complexity index is 1150. The van der Waals surface area contributed by atoms with E-state index in [9.17, 15) is 9.59 Å². The van der Waals surface area contributed by atoms with Crippen molar-refractivity contribution in [2.24, 2.45) is 13.0 Å². The number of fused-ring (bicyclic) bond motifs is 3. The monoisotopic (exact) mass is 365 g/mol. The summed E-state index contributed by atoms with van der Waals surface area (Å²) < 4.78 is 4.61. The highest BCUT2D eigenvalue weighted by molar-refractivity contribution is 5.77. The highest BCUT2D eigenvalue weighted by atomic mass is 16.2. The lowest BCUT2D eigenvalue weighted by Crippen LogP contribution is -2.40. The first kappa shape index (κ1) is 17.3. The van der Waals surface area contributed by atoms with Gasteiger partial charge in [-0.3, -0.25) is 13.9 Å². The lowest BCUT2D eigenvalue weighted by Gasteiger charge is -2.33. The molecule has 1 aliphatic rings. The largest absolute Gasteiger partial charge is 0.332 e.